The predicted molar refractivity (Wildman–Crippen MR) is 95.3 cm³/mol. The van der Waals surface area contributed by atoms with E-state index in [-0.39, 0.29) is 17.9 Å². The summed E-state index contributed by atoms with van der Waals surface area (Å²) in [5.41, 5.74) is 0. The van der Waals surface area contributed by atoms with Crippen LogP contribution < -0.4 is 10.2 Å². The summed E-state index contributed by atoms with van der Waals surface area (Å²) in [6.45, 7) is 3.91. The average Bonchev–Trinajstić information content (AvgIpc) is 3.31. The maximum atomic E-state index is 12.5. The van der Waals surface area contributed by atoms with Gasteiger partial charge in [-0.2, -0.15) is 0 Å². The molecule has 1 amide bonds. The molecule has 6 heteroatoms. The summed E-state index contributed by atoms with van der Waals surface area (Å²) in [6, 6.07) is 6.44. The molecule has 3 heterocycles. The highest BCUT2D eigenvalue weighted by Crippen LogP contribution is 2.49. The minimum absolute atomic E-state index is 0.179. The lowest BCUT2D eigenvalue weighted by atomic mass is 10.0. The minimum atomic E-state index is 0.179. The summed E-state index contributed by atoms with van der Waals surface area (Å²) in [6.07, 6.45) is 6.47. The Morgan fingerprint density at radius 1 is 1.25 bits per heavy atom. The third-order valence-corrected chi connectivity index (χ3v) is 6.06. The van der Waals surface area contributed by atoms with Crippen LogP contribution in [-0.2, 0) is 4.79 Å². The molecule has 0 spiro atoms. The topological polar surface area (TPSA) is 58.1 Å². The van der Waals surface area contributed by atoms with E-state index in [4.69, 9.17) is 0 Å². The summed E-state index contributed by atoms with van der Waals surface area (Å²) in [5.74, 6) is 1.65. The number of rotatable bonds is 4. The van der Waals surface area contributed by atoms with Crippen LogP contribution in [-0.4, -0.2) is 35.0 Å². The highest BCUT2D eigenvalue weighted by molar-refractivity contribution is 7.12. The van der Waals surface area contributed by atoms with E-state index < -0.39 is 0 Å². The number of aromatic nitrogens is 2. The lowest BCUT2D eigenvalue weighted by Crippen LogP contribution is -2.45. The van der Waals surface area contributed by atoms with Gasteiger partial charge in [0.2, 0.25) is 11.9 Å². The zero-order chi connectivity index (χ0) is 16.5. The molecule has 1 saturated heterocycles. The fourth-order valence-electron chi connectivity index (χ4n) is 3.44. The van der Waals surface area contributed by atoms with Crippen LogP contribution in [0.15, 0.2) is 30.6 Å². The molecule has 2 fully saturated rings. The van der Waals surface area contributed by atoms with Gasteiger partial charge in [-0.15, -0.1) is 11.3 Å². The van der Waals surface area contributed by atoms with Gasteiger partial charge in [0.05, 0.1) is 0 Å². The largest absolute Gasteiger partial charge is 0.353 e. The van der Waals surface area contributed by atoms with E-state index in [0.717, 1.165) is 38.3 Å². The molecule has 1 aliphatic heterocycles. The highest BCUT2D eigenvalue weighted by atomic mass is 32.1. The van der Waals surface area contributed by atoms with Gasteiger partial charge in [0.15, 0.2) is 0 Å². The van der Waals surface area contributed by atoms with E-state index in [9.17, 15) is 4.79 Å². The molecule has 0 unspecified atom stereocenters. The van der Waals surface area contributed by atoms with Crippen LogP contribution in [0.5, 0.6) is 0 Å². The molecule has 2 atom stereocenters. The number of nitrogens with zero attached hydrogens (tertiary/aromatic N) is 3. The number of thiophene rings is 1. The Kier molecular flexibility index (Phi) is 4.22. The summed E-state index contributed by atoms with van der Waals surface area (Å²) in [7, 11) is 0. The number of carbonyl (C=O) groups excluding carboxylic acids is 1. The van der Waals surface area contributed by atoms with Gasteiger partial charge in [-0.3, -0.25) is 4.79 Å². The molecule has 0 aromatic carbocycles. The molecule has 4 rings (SSSR count). The van der Waals surface area contributed by atoms with Crippen LogP contribution in [0, 0.1) is 12.8 Å². The van der Waals surface area contributed by atoms with Crippen molar-refractivity contribution in [3.63, 3.8) is 0 Å². The second-order valence-electron chi connectivity index (χ2n) is 6.72. The van der Waals surface area contributed by atoms with Gasteiger partial charge < -0.3 is 10.2 Å². The fourth-order valence-corrected chi connectivity index (χ4v) is 4.49. The molecule has 0 radical (unpaired) electrons. The Hall–Kier alpha value is -1.95. The lowest BCUT2D eigenvalue weighted by molar-refractivity contribution is -0.123. The van der Waals surface area contributed by atoms with Crippen molar-refractivity contribution in [3.8, 4) is 0 Å². The smallest absolute Gasteiger partial charge is 0.225 e. The van der Waals surface area contributed by atoms with Gasteiger partial charge in [0.25, 0.3) is 0 Å². The molecule has 24 heavy (non-hydrogen) atoms. The first-order chi connectivity index (χ1) is 11.7. The van der Waals surface area contributed by atoms with Crippen LogP contribution in [0.3, 0.4) is 0 Å². The first-order valence-corrected chi connectivity index (χ1v) is 9.41. The van der Waals surface area contributed by atoms with E-state index in [1.54, 1.807) is 12.4 Å². The molecule has 5 nitrogen and oxygen atoms in total. The van der Waals surface area contributed by atoms with Gasteiger partial charge in [-0.1, -0.05) is 0 Å². The van der Waals surface area contributed by atoms with Crippen molar-refractivity contribution < 1.29 is 4.79 Å². The second-order valence-corrected chi connectivity index (χ2v) is 8.04. The number of anilines is 1. The third kappa shape index (κ3) is 3.29. The van der Waals surface area contributed by atoms with Crippen molar-refractivity contribution in [2.24, 2.45) is 5.92 Å². The standard InChI is InChI=1S/C18H22N4OS/c1-12-3-4-16(24-12)14-11-15(14)17(23)21-13-5-9-22(10-6-13)18-19-7-2-8-20-18/h2-4,7-8,13-15H,5-6,9-11H2,1H3,(H,21,23)/t14-,15+/m1/s1. The molecular formula is C18H22N4OS. The van der Waals surface area contributed by atoms with Crippen molar-refractivity contribution in [1.82, 2.24) is 15.3 Å². The van der Waals surface area contributed by atoms with Gasteiger partial charge in [-0.25, -0.2) is 9.97 Å². The maximum Gasteiger partial charge on any atom is 0.225 e. The molecule has 2 aliphatic rings. The van der Waals surface area contributed by atoms with Crippen molar-refractivity contribution in [1.29, 1.82) is 0 Å². The van der Waals surface area contributed by atoms with Crippen LogP contribution >= 0.6 is 11.3 Å². The number of hydrogen-bond acceptors (Lipinski definition) is 5. The summed E-state index contributed by atoms with van der Waals surface area (Å²) >= 11 is 1.82. The van der Waals surface area contributed by atoms with Gasteiger partial charge in [0.1, 0.15) is 0 Å². The number of carbonyl (C=O) groups is 1. The second kappa shape index (κ2) is 6.51. The lowest BCUT2D eigenvalue weighted by Gasteiger charge is -2.32. The number of hydrogen-bond donors (Lipinski definition) is 1. The number of amides is 1. The number of piperidine rings is 1. The molecule has 2 aromatic rings. The van der Waals surface area contributed by atoms with Crippen molar-refractivity contribution in [2.75, 3.05) is 18.0 Å². The SMILES string of the molecule is Cc1ccc([C@@H]2C[C@@H]2C(=O)NC2CCN(c3ncccn3)CC2)s1. The maximum absolute atomic E-state index is 12.5. The summed E-state index contributed by atoms with van der Waals surface area (Å²) in [4.78, 5) is 26.0. The first-order valence-electron chi connectivity index (χ1n) is 8.59. The molecule has 1 saturated carbocycles. The van der Waals surface area contributed by atoms with E-state index >= 15 is 0 Å². The van der Waals surface area contributed by atoms with Crippen molar-refractivity contribution in [2.45, 2.75) is 38.1 Å². The van der Waals surface area contributed by atoms with Crippen LogP contribution in [0.4, 0.5) is 5.95 Å². The van der Waals surface area contributed by atoms with Gasteiger partial charge in [0, 0.05) is 53.1 Å². The van der Waals surface area contributed by atoms with Crippen molar-refractivity contribution >= 4 is 23.2 Å². The van der Waals surface area contributed by atoms with E-state index in [0.29, 0.717) is 5.92 Å². The van der Waals surface area contributed by atoms with Gasteiger partial charge in [-0.05, 0) is 44.4 Å². The average molecular weight is 342 g/mol. The van der Waals surface area contributed by atoms with Crippen LogP contribution in [0.2, 0.25) is 0 Å². The Balaban J connectivity index is 1.26. The molecule has 126 valence electrons. The Labute approximate surface area is 146 Å². The fraction of sp³-hybridized carbons (Fsp3) is 0.500. The summed E-state index contributed by atoms with van der Waals surface area (Å²) < 4.78 is 0. The van der Waals surface area contributed by atoms with E-state index in [1.807, 2.05) is 17.4 Å². The zero-order valence-electron chi connectivity index (χ0n) is 13.8. The third-order valence-electron chi connectivity index (χ3n) is 4.93. The van der Waals surface area contributed by atoms with E-state index in [2.05, 4.69) is 39.2 Å². The normalized spacial score (nSPS) is 24.0. The zero-order valence-corrected chi connectivity index (χ0v) is 14.6. The van der Waals surface area contributed by atoms with E-state index in [1.165, 1.54) is 9.75 Å². The van der Waals surface area contributed by atoms with Gasteiger partial charge >= 0.3 is 0 Å². The molecule has 1 N–H and O–H groups in total. The highest BCUT2D eigenvalue weighted by Gasteiger charge is 2.45. The van der Waals surface area contributed by atoms with Crippen LogP contribution in [0.25, 0.3) is 0 Å². The minimum Gasteiger partial charge on any atom is -0.353 e. The predicted octanol–water partition coefficient (Wildman–Crippen LogP) is 2.74. The molecule has 0 bridgehead atoms. The Morgan fingerprint density at radius 3 is 2.67 bits per heavy atom. The number of nitrogens with one attached hydrogen (secondary N) is 1. The molecular weight excluding hydrogens is 320 g/mol. The van der Waals surface area contributed by atoms with Crippen molar-refractivity contribution in [3.05, 3.63) is 40.3 Å². The monoisotopic (exact) mass is 342 g/mol. The number of aryl methyl sites for hydroxylation is 1. The first kappa shape index (κ1) is 15.6. The van der Waals surface area contributed by atoms with Crippen LogP contribution in [0.1, 0.15) is 34.9 Å². The molecule has 2 aromatic heterocycles. The summed E-state index contributed by atoms with van der Waals surface area (Å²) in [5, 5.41) is 3.26. The quantitative estimate of drug-likeness (QED) is 0.928. The molecule has 1 aliphatic carbocycles. The Morgan fingerprint density at radius 2 is 2.00 bits per heavy atom. The Bertz CT molecular complexity index is 709.